The van der Waals surface area contributed by atoms with Gasteiger partial charge in [-0.3, -0.25) is 4.90 Å². The van der Waals surface area contributed by atoms with Crippen LogP contribution >= 0.6 is 0 Å². The number of aromatic nitrogens is 2. The highest BCUT2D eigenvalue weighted by atomic mass is 19.4. The summed E-state index contributed by atoms with van der Waals surface area (Å²) in [6.07, 6.45) is 5.63. The Balaban J connectivity index is 1.35. The van der Waals surface area contributed by atoms with Gasteiger partial charge in [0.05, 0.1) is 17.6 Å². The predicted octanol–water partition coefficient (Wildman–Crippen LogP) is 5.08. The van der Waals surface area contributed by atoms with Gasteiger partial charge in [-0.25, -0.2) is 4.98 Å². The van der Waals surface area contributed by atoms with Gasteiger partial charge < -0.3 is 4.57 Å². The first-order chi connectivity index (χ1) is 13.0. The van der Waals surface area contributed by atoms with E-state index in [1.54, 1.807) is 12.1 Å². The molecule has 27 heavy (non-hydrogen) atoms. The van der Waals surface area contributed by atoms with Crippen molar-refractivity contribution in [3.8, 4) is 0 Å². The van der Waals surface area contributed by atoms with E-state index < -0.39 is 11.7 Å². The highest BCUT2D eigenvalue weighted by Gasteiger charge is 2.33. The maximum atomic E-state index is 13.2. The van der Waals surface area contributed by atoms with Crippen molar-refractivity contribution in [2.24, 2.45) is 5.92 Å². The number of halogens is 3. The molecule has 2 aromatic rings. The molecule has 3 nitrogen and oxygen atoms in total. The predicted molar refractivity (Wildman–Crippen MR) is 98.3 cm³/mol. The molecular formula is C21H26F3N3. The molecule has 1 saturated carbocycles. The van der Waals surface area contributed by atoms with Gasteiger partial charge >= 0.3 is 6.18 Å². The van der Waals surface area contributed by atoms with Gasteiger partial charge in [0.25, 0.3) is 0 Å². The molecule has 0 amide bonds. The first kappa shape index (κ1) is 18.5. The molecule has 1 saturated heterocycles. The van der Waals surface area contributed by atoms with Gasteiger partial charge in [-0.15, -0.1) is 0 Å². The van der Waals surface area contributed by atoms with Gasteiger partial charge in [-0.1, -0.05) is 18.2 Å². The fraction of sp³-hybridized carbons (Fsp3) is 0.571. The molecule has 146 valence electrons. The zero-order valence-electron chi connectivity index (χ0n) is 15.5. The summed E-state index contributed by atoms with van der Waals surface area (Å²) >= 11 is 0. The van der Waals surface area contributed by atoms with E-state index in [1.165, 1.54) is 30.7 Å². The van der Waals surface area contributed by atoms with Crippen LogP contribution in [0, 0.1) is 5.92 Å². The Morgan fingerprint density at radius 1 is 1.11 bits per heavy atom. The van der Waals surface area contributed by atoms with E-state index in [-0.39, 0.29) is 0 Å². The van der Waals surface area contributed by atoms with Crippen LogP contribution in [0.3, 0.4) is 0 Å². The van der Waals surface area contributed by atoms with Gasteiger partial charge in [0.15, 0.2) is 0 Å². The molecule has 0 N–H and O–H groups in total. The molecule has 1 aromatic heterocycles. The molecule has 1 aliphatic heterocycles. The molecule has 0 spiro atoms. The second-order valence-electron chi connectivity index (χ2n) is 7.96. The molecule has 1 aromatic carbocycles. The summed E-state index contributed by atoms with van der Waals surface area (Å²) in [7, 11) is 0. The minimum Gasteiger partial charge on any atom is -0.330 e. The van der Waals surface area contributed by atoms with Crippen molar-refractivity contribution in [2.75, 3.05) is 13.1 Å². The van der Waals surface area contributed by atoms with Crippen molar-refractivity contribution < 1.29 is 13.2 Å². The fourth-order valence-electron chi connectivity index (χ4n) is 4.27. The number of nitrogens with zero attached hydrogens (tertiary/aromatic N) is 3. The first-order valence-electron chi connectivity index (χ1n) is 9.89. The number of likely N-dealkylation sites (tertiary alicyclic amines) is 1. The lowest BCUT2D eigenvalue weighted by molar-refractivity contribution is -0.138. The highest BCUT2D eigenvalue weighted by molar-refractivity contribution is 5.29. The Kier molecular flexibility index (Phi) is 5.26. The standard InChI is InChI=1S/C21H26F3N3/c22-21(23,24)20-6-2-1-5-17(20)8-7-16-4-3-11-26(13-16)14-19-12-25-15-27(19)18-9-10-18/h1-2,5-6,12,15-16,18H,3-4,7-11,13-14H2/t16-/m0/s1. The minimum atomic E-state index is -4.27. The molecule has 4 rings (SSSR count). The van der Waals surface area contributed by atoms with Crippen molar-refractivity contribution in [3.63, 3.8) is 0 Å². The van der Waals surface area contributed by atoms with Gasteiger partial charge in [0.1, 0.15) is 0 Å². The molecule has 1 atom stereocenters. The Morgan fingerprint density at radius 3 is 2.70 bits per heavy atom. The summed E-state index contributed by atoms with van der Waals surface area (Å²) < 4.78 is 41.8. The van der Waals surface area contributed by atoms with E-state index in [4.69, 9.17) is 0 Å². The number of hydrogen-bond donors (Lipinski definition) is 0. The zero-order chi connectivity index (χ0) is 18.9. The van der Waals surface area contributed by atoms with E-state index in [9.17, 15) is 13.2 Å². The summed E-state index contributed by atoms with van der Waals surface area (Å²) in [6.45, 7) is 2.92. The summed E-state index contributed by atoms with van der Waals surface area (Å²) in [4.78, 5) is 6.75. The summed E-state index contributed by atoms with van der Waals surface area (Å²) in [5.41, 5.74) is 1.21. The number of hydrogen-bond acceptors (Lipinski definition) is 2. The van der Waals surface area contributed by atoms with E-state index in [0.29, 0.717) is 23.9 Å². The zero-order valence-corrected chi connectivity index (χ0v) is 15.5. The van der Waals surface area contributed by atoms with Gasteiger partial charge in [0, 0.05) is 25.3 Å². The Labute approximate surface area is 158 Å². The third kappa shape index (κ3) is 4.54. The average Bonchev–Trinajstić information content (AvgIpc) is 3.39. The number of benzene rings is 1. The molecule has 1 aliphatic carbocycles. The first-order valence-corrected chi connectivity index (χ1v) is 9.89. The number of rotatable bonds is 6. The molecule has 0 radical (unpaired) electrons. The molecule has 0 bridgehead atoms. The molecule has 0 unspecified atom stereocenters. The van der Waals surface area contributed by atoms with E-state index in [2.05, 4.69) is 14.5 Å². The van der Waals surface area contributed by atoms with Gasteiger partial charge in [0.2, 0.25) is 0 Å². The van der Waals surface area contributed by atoms with Crippen LogP contribution < -0.4 is 0 Å². The maximum absolute atomic E-state index is 13.2. The van der Waals surface area contributed by atoms with Crippen LogP contribution in [0.15, 0.2) is 36.8 Å². The summed E-state index contributed by atoms with van der Waals surface area (Å²) in [5, 5.41) is 0. The van der Waals surface area contributed by atoms with Gasteiger partial charge in [-0.05, 0) is 62.6 Å². The topological polar surface area (TPSA) is 21.1 Å². The number of imidazole rings is 1. The lowest BCUT2D eigenvalue weighted by atomic mass is 9.90. The van der Waals surface area contributed by atoms with Crippen molar-refractivity contribution in [1.29, 1.82) is 0 Å². The molecule has 2 fully saturated rings. The number of alkyl halides is 3. The number of piperidine rings is 1. The van der Waals surface area contributed by atoms with Crippen molar-refractivity contribution in [2.45, 2.75) is 57.3 Å². The molecule has 2 heterocycles. The van der Waals surface area contributed by atoms with Crippen molar-refractivity contribution >= 4 is 0 Å². The number of aryl methyl sites for hydroxylation is 1. The second kappa shape index (κ2) is 7.66. The Hall–Kier alpha value is -1.82. The lowest BCUT2D eigenvalue weighted by Crippen LogP contribution is -2.35. The van der Waals surface area contributed by atoms with Crippen LogP contribution in [0.5, 0.6) is 0 Å². The van der Waals surface area contributed by atoms with Crippen LogP contribution in [0.25, 0.3) is 0 Å². The second-order valence-corrected chi connectivity index (χ2v) is 7.96. The SMILES string of the molecule is FC(F)(F)c1ccccc1CC[C@@H]1CCCN(Cc2cncn2C2CC2)C1. The van der Waals surface area contributed by atoms with E-state index in [1.807, 2.05) is 12.5 Å². The fourth-order valence-corrected chi connectivity index (χ4v) is 4.27. The van der Waals surface area contributed by atoms with Crippen LogP contribution in [0.1, 0.15) is 55.0 Å². The van der Waals surface area contributed by atoms with Gasteiger partial charge in [-0.2, -0.15) is 13.2 Å². The molecular weight excluding hydrogens is 351 g/mol. The minimum absolute atomic E-state index is 0.425. The van der Waals surface area contributed by atoms with Crippen LogP contribution in [-0.2, 0) is 19.1 Å². The maximum Gasteiger partial charge on any atom is 0.416 e. The monoisotopic (exact) mass is 377 g/mol. The van der Waals surface area contributed by atoms with Crippen LogP contribution in [0.4, 0.5) is 13.2 Å². The Bertz CT molecular complexity index is 764. The van der Waals surface area contributed by atoms with Crippen molar-refractivity contribution in [1.82, 2.24) is 14.5 Å². The summed E-state index contributed by atoms with van der Waals surface area (Å²) in [6, 6.07) is 6.62. The lowest BCUT2D eigenvalue weighted by Gasteiger charge is -2.33. The average molecular weight is 377 g/mol. The molecule has 2 aliphatic rings. The molecule has 6 heteroatoms. The highest BCUT2D eigenvalue weighted by Crippen LogP contribution is 2.36. The van der Waals surface area contributed by atoms with Crippen LogP contribution in [-0.4, -0.2) is 27.5 Å². The van der Waals surface area contributed by atoms with E-state index in [0.717, 1.165) is 38.9 Å². The summed E-state index contributed by atoms with van der Waals surface area (Å²) in [5.74, 6) is 0.456. The Morgan fingerprint density at radius 2 is 1.93 bits per heavy atom. The largest absolute Gasteiger partial charge is 0.416 e. The smallest absolute Gasteiger partial charge is 0.330 e. The normalized spacial score (nSPS) is 21.5. The van der Waals surface area contributed by atoms with Crippen molar-refractivity contribution in [3.05, 3.63) is 53.6 Å². The third-order valence-electron chi connectivity index (χ3n) is 5.82. The quantitative estimate of drug-likeness (QED) is 0.700. The van der Waals surface area contributed by atoms with E-state index >= 15 is 0 Å². The van der Waals surface area contributed by atoms with Crippen LogP contribution in [0.2, 0.25) is 0 Å². The third-order valence-corrected chi connectivity index (χ3v) is 5.82.